The van der Waals surface area contributed by atoms with Crippen LogP contribution in [0.15, 0.2) is 52.5 Å². The van der Waals surface area contributed by atoms with Gasteiger partial charge in [-0.15, -0.1) is 0 Å². The number of fused-ring (bicyclic) bond motifs is 2. The minimum atomic E-state index is -0.379. The number of aromatic nitrogens is 2. The zero-order valence-corrected chi connectivity index (χ0v) is 19.8. The zero-order chi connectivity index (χ0) is 23.7. The minimum Gasteiger partial charge on any atom is -0.454 e. The van der Waals surface area contributed by atoms with Crippen LogP contribution in [0.25, 0.3) is 17.1 Å². The molecular formula is C23H20N4O5S2. The lowest BCUT2D eigenvalue weighted by molar-refractivity contribution is -0.123. The predicted molar refractivity (Wildman–Crippen MR) is 130 cm³/mol. The van der Waals surface area contributed by atoms with Crippen molar-refractivity contribution in [2.75, 3.05) is 25.6 Å². The summed E-state index contributed by atoms with van der Waals surface area (Å²) in [6, 6.07) is 13.1. The Bertz CT molecular complexity index is 1340. The molecule has 5 rings (SSSR count). The predicted octanol–water partition coefficient (Wildman–Crippen LogP) is 3.25. The van der Waals surface area contributed by atoms with Gasteiger partial charge in [-0.25, -0.2) is 4.98 Å². The standard InChI is InChI=1S/C23H20N4O5S2/c1-26-16-5-3-2-4-15(16)25-22(26)33-12-20(28)24-8-9-27-21(29)19(34-23(27)30)11-14-6-7-17-18(10-14)32-13-31-17/h2-7,10-11H,8-9,12-13H2,1H3,(H,24,28)/b19-11+. The van der Waals surface area contributed by atoms with E-state index in [1.807, 2.05) is 35.9 Å². The molecule has 1 N–H and O–H groups in total. The van der Waals surface area contributed by atoms with Gasteiger partial charge in [0.25, 0.3) is 11.1 Å². The Balaban J connectivity index is 1.13. The fourth-order valence-corrected chi connectivity index (χ4v) is 5.27. The number of ether oxygens (including phenoxy) is 2. The van der Waals surface area contributed by atoms with Gasteiger partial charge in [-0.1, -0.05) is 30.0 Å². The van der Waals surface area contributed by atoms with Gasteiger partial charge in [0.15, 0.2) is 16.7 Å². The average Bonchev–Trinajstić information content (AvgIpc) is 3.50. The largest absolute Gasteiger partial charge is 0.454 e. The lowest BCUT2D eigenvalue weighted by Gasteiger charge is -2.12. The van der Waals surface area contributed by atoms with E-state index in [0.29, 0.717) is 16.4 Å². The first-order valence-corrected chi connectivity index (χ1v) is 12.3. The number of carbonyl (C=O) groups is 3. The average molecular weight is 497 g/mol. The van der Waals surface area contributed by atoms with E-state index in [4.69, 9.17) is 9.47 Å². The van der Waals surface area contributed by atoms with Crippen LogP contribution in [0.2, 0.25) is 0 Å². The molecule has 3 amide bonds. The second-order valence-electron chi connectivity index (χ2n) is 7.53. The van der Waals surface area contributed by atoms with Crippen molar-refractivity contribution < 1.29 is 23.9 Å². The monoisotopic (exact) mass is 496 g/mol. The van der Waals surface area contributed by atoms with Crippen LogP contribution in [-0.4, -0.2) is 57.1 Å². The summed E-state index contributed by atoms with van der Waals surface area (Å²) >= 11 is 2.21. The molecule has 0 atom stereocenters. The first-order chi connectivity index (χ1) is 16.5. The summed E-state index contributed by atoms with van der Waals surface area (Å²) in [5, 5.41) is 3.15. The van der Waals surface area contributed by atoms with Crippen LogP contribution >= 0.6 is 23.5 Å². The molecule has 0 radical (unpaired) electrons. The van der Waals surface area contributed by atoms with Gasteiger partial charge in [0.1, 0.15) is 0 Å². The fraction of sp³-hybridized carbons (Fsp3) is 0.217. The molecule has 3 aromatic rings. The number of hydrogen-bond donors (Lipinski definition) is 1. The zero-order valence-electron chi connectivity index (χ0n) is 18.1. The number of benzene rings is 2. The van der Waals surface area contributed by atoms with Crippen molar-refractivity contribution in [1.82, 2.24) is 19.8 Å². The van der Waals surface area contributed by atoms with E-state index >= 15 is 0 Å². The lowest BCUT2D eigenvalue weighted by Crippen LogP contribution is -2.37. The number of imide groups is 1. The number of nitrogens with one attached hydrogen (secondary N) is 1. The molecule has 2 aliphatic heterocycles. The number of amides is 3. The number of thioether (sulfide) groups is 2. The molecule has 3 heterocycles. The van der Waals surface area contributed by atoms with Crippen molar-refractivity contribution >= 4 is 57.7 Å². The summed E-state index contributed by atoms with van der Waals surface area (Å²) in [5.41, 5.74) is 2.61. The van der Waals surface area contributed by atoms with Gasteiger partial charge in [0.2, 0.25) is 12.7 Å². The molecule has 2 aliphatic rings. The molecule has 11 heteroatoms. The van der Waals surface area contributed by atoms with E-state index in [1.165, 1.54) is 11.8 Å². The molecule has 9 nitrogen and oxygen atoms in total. The summed E-state index contributed by atoms with van der Waals surface area (Å²) in [4.78, 5) is 43.3. The summed E-state index contributed by atoms with van der Waals surface area (Å²) in [5.74, 6) is 0.863. The number of imidazole rings is 1. The Morgan fingerprint density at radius 1 is 1.21 bits per heavy atom. The van der Waals surface area contributed by atoms with Crippen LogP contribution < -0.4 is 14.8 Å². The molecule has 1 aromatic heterocycles. The Morgan fingerprint density at radius 2 is 2.03 bits per heavy atom. The second-order valence-corrected chi connectivity index (χ2v) is 9.46. The summed E-state index contributed by atoms with van der Waals surface area (Å²) in [6.45, 7) is 0.446. The minimum absolute atomic E-state index is 0.103. The molecule has 0 saturated carbocycles. The lowest BCUT2D eigenvalue weighted by atomic mass is 10.2. The Kier molecular flexibility index (Phi) is 6.20. The molecule has 2 aromatic carbocycles. The molecule has 34 heavy (non-hydrogen) atoms. The number of para-hydroxylation sites is 2. The van der Waals surface area contributed by atoms with Gasteiger partial charge in [0.05, 0.1) is 21.7 Å². The second kappa shape index (κ2) is 9.43. The molecule has 1 fully saturated rings. The third kappa shape index (κ3) is 4.48. The summed E-state index contributed by atoms with van der Waals surface area (Å²) < 4.78 is 12.6. The van der Waals surface area contributed by atoms with Gasteiger partial charge in [0, 0.05) is 20.1 Å². The van der Waals surface area contributed by atoms with Crippen molar-refractivity contribution in [3.8, 4) is 11.5 Å². The van der Waals surface area contributed by atoms with E-state index < -0.39 is 0 Å². The molecule has 1 saturated heterocycles. The highest BCUT2D eigenvalue weighted by Crippen LogP contribution is 2.36. The highest BCUT2D eigenvalue weighted by atomic mass is 32.2. The molecule has 0 bridgehead atoms. The number of aryl methyl sites for hydroxylation is 1. The van der Waals surface area contributed by atoms with E-state index in [2.05, 4.69) is 10.3 Å². The highest BCUT2D eigenvalue weighted by Gasteiger charge is 2.34. The SMILES string of the molecule is Cn1c(SCC(=O)NCCN2C(=O)S/C(=C/c3ccc4c(c3)OCO4)C2=O)nc2ccccc21. The van der Waals surface area contributed by atoms with Crippen molar-refractivity contribution in [3.63, 3.8) is 0 Å². The maximum atomic E-state index is 12.7. The molecule has 174 valence electrons. The van der Waals surface area contributed by atoms with Gasteiger partial charge in [-0.2, -0.15) is 0 Å². The Labute approximate surface area is 203 Å². The quantitative estimate of drug-likeness (QED) is 0.393. The first-order valence-electron chi connectivity index (χ1n) is 10.5. The number of hydrogen-bond acceptors (Lipinski definition) is 8. The number of nitrogens with zero attached hydrogens (tertiary/aromatic N) is 3. The van der Waals surface area contributed by atoms with Gasteiger partial charge >= 0.3 is 0 Å². The van der Waals surface area contributed by atoms with Crippen molar-refractivity contribution in [3.05, 3.63) is 52.9 Å². The fourth-order valence-electron chi connectivity index (χ4n) is 3.59. The highest BCUT2D eigenvalue weighted by molar-refractivity contribution is 8.18. The van der Waals surface area contributed by atoms with Crippen LogP contribution in [0.5, 0.6) is 11.5 Å². The van der Waals surface area contributed by atoms with E-state index in [-0.39, 0.29) is 42.7 Å². The topological polar surface area (TPSA) is 103 Å². The van der Waals surface area contributed by atoms with Crippen molar-refractivity contribution in [2.45, 2.75) is 5.16 Å². The van der Waals surface area contributed by atoms with Crippen molar-refractivity contribution in [2.24, 2.45) is 7.05 Å². The smallest absolute Gasteiger partial charge is 0.293 e. The molecular weight excluding hydrogens is 476 g/mol. The van der Waals surface area contributed by atoms with E-state index in [9.17, 15) is 14.4 Å². The molecule has 0 unspecified atom stereocenters. The van der Waals surface area contributed by atoms with Crippen LogP contribution in [0, 0.1) is 0 Å². The van der Waals surface area contributed by atoms with E-state index in [1.54, 1.807) is 24.3 Å². The van der Waals surface area contributed by atoms with Crippen LogP contribution in [0.4, 0.5) is 4.79 Å². The Morgan fingerprint density at radius 3 is 2.88 bits per heavy atom. The normalized spacial score (nSPS) is 16.1. The van der Waals surface area contributed by atoms with Gasteiger partial charge in [-0.05, 0) is 47.7 Å². The van der Waals surface area contributed by atoms with E-state index in [0.717, 1.165) is 38.4 Å². The first kappa shape index (κ1) is 22.4. The third-order valence-corrected chi connectivity index (χ3v) is 7.24. The maximum Gasteiger partial charge on any atom is 0.293 e. The molecule has 0 aliphatic carbocycles. The number of rotatable bonds is 7. The maximum absolute atomic E-state index is 12.7. The van der Waals surface area contributed by atoms with Gasteiger partial charge in [-0.3, -0.25) is 19.3 Å². The Hall–Kier alpha value is -3.44. The van der Waals surface area contributed by atoms with Gasteiger partial charge < -0.3 is 19.4 Å². The molecule has 0 spiro atoms. The third-order valence-electron chi connectivity index (χ3n) is 5.30. The number of carbonyl (C=O) groups excluding carboxylic acids is 3. The summed E-state index contributed by atoms with van der Waals surface area (Å²) in [7, 11) is 1.91. The van der Waals surface area contributed by atoms with Crippen LogP contribution in [0.3, 0.4) is 0 Å². The van der Waals surface area contributed by atoms with Crippen molar-refractivity contribution in [1.29, 1.82) is 0 Å². The van der Waals surface area contributed by atoms with Crippen LogP contribution in [0.1, 0.15) is 5.56 Å². The van der Waals surface area contributed by atoms with Crippen LogP contribution in [-0.2, 0) is 16.6 Å². The summed E-state index contributed by atoms with van der Waals surface area (Å²) in [6.07, 6.45) is 1.65.